The van der Waals surface area contributed by atoms with Crippen LogP contribution in [0, 0.1) is 13.1 Å². The van der Waals surface area contributed by atoms with Gasteiger partial charge in [0, 0.05) is 0 Å². The molecule has 0 aromatic carbocycles. The molecule has 0 saturated heterocycles. The summed E-state index contributed by atoms with van der Waals surface area (Å²) in [5.74, 6) is 0. The summed E-state index contributed by atoms with van der Waals surface area (Å²) >= 11 is 0. The fourth-order valence-corrected chi connectivity index (χ4v) is 0. The first-order valence-corrected chi connectivity index (χ1v) is 11.1. The first-order chi connectivity index (χ1) is 4.00. The number of hydrogen-bond donors (Lipinski definition) is 0. The van der Waals surface area contributed by atoms with Gasteiger partial charge < -0.3 is 13.1 Å². The minimum absolute atomic E-state index is 0. The second-order valence-corrected chi connectivity index (χ2v) is 15.4. The summed E-state index contributed by atoms with van der Waals surface area (Å²) in [6.45, 7) is 21.1. The van der Waals surface area contributed by atoms with Crippen LogP contribution in [0.1, 0.15) is 0 Å². The van der Waals surface area contributed by atoms with Crippen molar-refractivity contribution in [2.45, 2.75) is 39.3 Å². The van der Waals surface area contributed by atoms with Crippen LogP contribution in [0.4, 0.5) is 0 Å². The fourth-order valence-electron chi connectivity index (χ4n) is 0. The normalized spacial score (nSPS) is 10.9. The summed E-state index contributed by atoms with van der Waals surface area (Å²) in [6.07, 6.45) is 0. The molecule has 0 amide bonds. The van der Waals surface area contributed by atoms with Gasteiger partial charge in [0.1, 0.15) is 0 Å². The Kier molecular flexibility index (Phi) is 10.7. The molecule has 0 heterocycles. The third-order valence-corrected chi connectivity index (χ3v) is 0. The van der Waals surface area contributed by atoms with Crippen LogP contribution in [0.5, 0.6) is 0 Å². The summed E-state index contributed by atoms with van der Waals surface area (Å²) < 4.78 is 0. The third kappa shape index (κ3) is 812. The molecule has 0 aromatic heterocycles. The van der Waals surface area contributed by atoms with Crippen molar-refractivity contribution in [2.75, 3.05) is 0 Å². The van der Waals surface area contributed by atoms with E-state index in [1.807, 2.05) is 0 Å². The van der Waals surface area contributed by atoms with E-state index in [-0.39, 0.29) is 19.5 Å². The van der Waals surface area contributed by atoms with Crippen molar-refractivity contribution in [3.8, 4) is 0 Å². The van der Waals surface area contributed by atoms with E-state index in [1.165, 1.54) is 0 Å². The molecule has 0 atom stereocenters. The standard InChI is InChI=1S/2C4H11Si.Zn/c2*1-5(2,3)4;/h2*1H2,2-4H3;/q2*-1;+2. The smallest absolute Gasteiger partial charge is 0.342 e. The minimum Gasteiger partial charge on any atom is -0.342 e. The topological polar surface area (TPSA) is 0 Å². The summed E-state index contributed by atoms with van der Waals surface area (Å²) in [4.78, 5) is 0. The van der Waals surface area contributed by atoms with Gasteiger partial charge in [0.2, 0.25) is 0 Å². The molecular formula is C8H22Si2Zn. The molecule has 0 unspecified atom stereocenters. The van der Waals surface area contributed by atoms with Gasteiger partial charge in [-0.1, -0.05) is 39.3 Å². The van der Waals surface area contributed by atoms with Crippen LogP contribution in [0.25, 0.3) is 0 Å². The quantitative estimate of drug-likeness (QED) is 0.449. The van der Waals surface area contributed by atoms with Crippen LogP contribution >= 0.6 is 0 Å². The fraction of sp³-hybridized carbons (Fsp3) is 0.750. The van der Waals surface area contributed by atoms with Crippen LogP contribution in [0.2, 0.25) is 39.3 Å². The molecule has 11 heavy (non-hydrogen) atoms. The molecule has 0 radical (unpaired) electrons. The van der Waals surface area contributed by atoms with Crippen LogP contribution < -0.4 is 0 Å². The first kappa shape index (κ1) is 18.0. The summed E-state index contributed by atoms with van der Waals surface area (Å²) in [6, 6.07) is 0. The average molecular weight is 240 g/mol. The monoisotopic (exact) mass is 238 g/mol. The molecule has 0 aliphatic rings. The van der Waals surface area contributed by atoms with Gasteiger partial charge in [-0.15, -0.1) is 16.1 Å². The van der Waals surface area contributed by atoms with E-state index in [0.717, 1.165) is 0 Å². The Morgan fingerprint density at radius 3 is 0.636 bits per heavy atom. The van der Waals surface area contributed by atoms with Crippen molar-refractivity contribution in [3.05, 3.63) is 13.1 Å². The zero-order valence-electron chi connectivity index (χ0n) is 9.12. The van der Waals surface area contributed by atoms with Gasteiger partial charge in [0.25, 0.3) is 0 Å². The van der Waals surface area contributed by atoms with Gasteiger partial charge in [0.05, 0.1) is 0 Å². The molecule has 0 aliphatic carbocycles. The zero-order chi connectivity index (χ0) is 9.00. The Labute approximate surface area is 87.9 Å². The van der Waals surface area contributed by atoms with Crippen molar-refractivity contribution < 1.29 is 19.5 Å². The second-order valence-electron chi connectivity index (χ2n) is 5.12. The van der Waals surface area contributed by atoms with Crippen molar-refractivity contribution >= 4 is 16.1 Å². The molecule has 0 rings (SSSR count). The maximum Gasteiger partial charge on any atom is 2.00 e. The van der Waals surface area contributed by atoms with Crippen molar-refractivity contribution in [2.24, 2.45) is 0 Å². The van der Waals surface area contributed by atoms with Gasteiger partial charge in [-0.2, -0.15) is 0 Å². The molecule has 0 nitrogen and oxygen atoms in total. The van der Waals surface area contributed by atoms with E-state index in [4.69, 9.17) is 0 Å². The second kappa shape index (κ2) is 6.56. The van der Waals surface area contributed by atoms with Crippen LogP contribution in [0.3, 0.4) is 0 Å². The van der Waals surface area contributed by atoms with Gasteiger partial charge in [-0.25, -0.2) is 0 Å². The molecule has 0 aliphatic heterocycles. The average Bonchev–Trinajstić information content (AvgIpc) is 1.12. The molecule has 64 valence electrons. The van der Waals surface area contributed by atoms with E-state index in [2.05, 4.69) is 52.4 Å². The Hall–Kier alpha value is 1.06. The molecule has 0 saturated carbocycles. The summed E-state index contributed by atoms with van der Waals surface area (Å²) in [5, 5.41) is 0. The maximum atomic E-state index is 3.91. The van der Waals surface area contributed by atoms with Gasteiger partial charge in [-0.05, 0) is 0 Å². The SMILES string of the molecule is [CH2-][Si](C)(C)C.[CH2-][Si](C)(C)C.[Zn+2]. The predicted molar refractivity (Wildman–Crippen MR) is 57.4 cm³/mol. The molecule has 0 fully saturated rings. The van der Waals surface area contributed by atoms with E-state index < -0.39 is 16.1 Å². The summed E-state index contributed by atoms with van der Waals surface area (Å²) in [7, 11) is -1.72. The van der Waals surface area contributed by atoms with Crippen LogP contribution in [-0.4, -0.2) is 16.1 Å². The van der Waals surface area contributed by atoms with E-state index in [0.29, 0.717) is 0 Å². The Bertz CT molecular complexity index is 55.1. The Morgan fingerprint density at radius 2 is 0.636 bits per heavy atom. The zero-order valence-corrected chi connectivity index (χ0v) is 14.1. The van der Waals surface area contributed by atoms with Crippen LogP contribution in [0.15, 0.2) is 0 Å². The van der Waals surface area contributed by atoms with Gasteiger partial charge >= 0.3 is 19.5 Å². The van der Waals surface area contributed by atoms with Crippen molar-refractivity contribution in [3.63, 3.8) is 0 Å². The van der Waals surface area contributed by atoms with E-state index in [9.17, 15) is 0 Å². The predicted octanol–water partition coefficient (Wildman–Crippen LogP) is 3.39. The first-order valence-electron chi connectivity index (χ1n) is 3.71. The molecule has 0 N–H and O–H groups in total. The Morgan fingerprint density at radius 1 is 0.636 bits per heavy atom. The van der Waals surface area contributed by atoms with Crippen LogP contribution in [-0.2, 0) is 19.5 Å². The molecular weight excluding hydrogens is 218 g/mol. The largest absolute Gasteiger partial charge is 2.00 e. The minimum atomic E-state index is -0.861. The number of hydrogen-bond acceptors (Lipinski definition) is 0. The van der Waals surface area contributed by atoms with E-state index in [1.54, 1.807) is 0 Å². The van der Waals surface area contributed by atoms with Gasteiger partial charge in [0.15, 0.2) is 0 Å². The maximum absolute atomic E-state index is 3.91. The molecule has 3 heteroatoms. The molecule has 0 aromatic rings. The van der Waals surface area contributed by atoms with Crippen molar-refractivity contribution in [1.29, 1.82) is 0 Å². The molecule has 0 bridgehead atoms. The third-order valence-electron chi connectivity index (χ3n) is 0. The molecule has 0 spiro atoms. The van der Waals surface area contributed by atoms with Gasteiger partial charge in [-0.3, -0.25) is 0 Å². The number of rotatable bonds is 0. The summed E-state index contributed by atoms with van der Waals surface area (Å²) in [5.41, 5.74) is 0. The Balaban J connectivity index is -0.000000107. The van der Waals surface area contributed by atoms with Crippen molar-refractivity contribution in [1.82, 2.24) is 0 Å². The van der Waals surface area contributed by atoms with E-state index >= 15 is 0 Å².